The SMILES string of the molecule is O=CC12CCC(C1)C1CCCC12. The molecule has 0 aliphatic heterocycles. The fourth-order valence-electron chi connectivity index (χ4n) is 4.31. The molecule has 2 bridgehead atoms. The summed E-state index contributed by atoms with van der Waals surface area (Å²) in [6.07, 6.45) is 9.27. The van der Waals surface area contributed by atoms with Gasteiger partial charge in [-0.1, -0.05) is 6.42 Å². The Morgan fingerprint density at radius 2 is 2.17 bits per heavy atom. The Morgan fingerprint density at radius 1 is 1.25 bits per heavy atom. The first-order valence-corrected chi connectivity index (χ1v) is 5.32. The molecule has 12 heavy (non-hydrogen) atoms. The van der Waals surface area contributed by atoms with Crippen LogP contribution in [0.2, 0.25) is 0 Å². The van der Waals surface area contributed by atoms with Crippen molar-refractivity contribution in [2.45, 2.75) is 38.5 Å². The maximum Gasteiger partial charge on any atom is 0.126 e. The van der Waals surface area contributed by atoms with E-state index in [0.717, 1.165) is 17.8 Å². The zero-order valence-corrected chi connectivity index (χ0v) is 7.46. The Morgan fingerprint density at radius 3 is 3.00 bits per heavy atom. The van der Waals surface area contributed by atoms with Crippen LogP contribution in [-0.4, -0.2) is 6.29 Å². The molecule has 0 aromatic carbocycles. The van der Waals surface area contributed by atoms with Gasteiger partial charge in [-0.05, 0) is 49.9 Å². The number of carbonyl (C=O) groups is 1. The van der Waals surface area contributed by atoms with Crippen molar-refractivity contribution in [3.05, 3.63) is 0 Å². The summed E-state index contributed by atoms with van der Waals surface area (Å²) in [6, 6.07) is 0. The second kappa shape index (κ2) is 2.12. The van der Waals surface area contributed by atoms with E-state index in [1.807, 2.05) is 0 Å². The lowest BCUT2D eigenvalue weighted by molar-refractivity contribution is -0.118. The number of rotatable bonds is 1. The van der Waals surface area contributed by atoms with E-state index >= 15 is 0 Å². The van der Waals surface area contributed by atoms with Crippen molar-refractivity contribution in [1.82, 2.24) is 0 Å². The van der Waals surface area contributed by atoms with Gasteiger partial charge in [-0.3, -0.25) is 0 Å². The van der Waals surface area contributed by atoms with Crippen LogP contribution in [0.1, 0.15) is 38.5 Å². The third-order valence-corrected chi connectivity index (χ3v) is 4.77. The molecule has 0 amide bonds. The molecule has 1 heteroatoms. The minimum Gasteiger partial charge on any atom is -0.303 e. The molecule has 0 N–H and O–H groups in total. The fraction of sp³-hybridized carbons (Fsp3) is 0.909. The van der Waals surface area contributed by atoms with Gasteiger partial charge in [0.1, 0.15) is 6.29 Å². The van der Waals surface area contributed by atoms with Gasteiger partial charge in [0.2, 0.25) is 0 Å². The third-order valence-electron chi connectivity index (χ3n) is 4.77. The standard InChI is InChI=1S/C11H16O/c12-7-11-5-4-8(6-11)9-2-1-3-10(9)11/h7-10H,1-6H2. The van der Waals surface area contributed by atoms with Crippen LogP contribution in [0.3, 0.4) is 0 Å². The molecule has 4 atom stereocenters. The van der Waals surface area contributed by atoms with E-state index in [0.29, 0.717) is 0 Å². The molecule has 0 radical (unpaired) electrons. The van der Waals surface area contributed by atoms with Gasteiger partial charge in [-0.2, -0.15) is 0 Å². The highest BCUT2D eigenvalue weighted by Crippen LogP contribution is 2.64. The van der Waals surface area contributed by atoms with Crippen molar-refractivity contribution >= 4 is 6.29 Å². The summed E-state index contributed by atoms with van der Waals surface area (Å²) in [5.74, 6) is 2.68. The largest absolute Gasteiger partial charge is 0.303 e. The van der Waals surface area contributed by atoms with Crippen molar-refractivity contribution in [1.29, 1.82) is 0 Å². The molecule has 3 fully saturated rings. The highest BCUT2D eigenvalue weighted by atomic mass is 16.1. The molecule has 66 valence electrons. The van der Waals surface area contributed by atoms with E-state index in [1.165, 1.54) is 44.8 Å². The number of carbonyl (C=O) groups excluding carboxylic acids is 1. The van der Waals surface area contributed by atoms with Gasteiger partial charge < -0.3 is 4.79 Å². The molecule has 1 nitrogen and oxygen atoms in total. The molecule has 0 saturated heterocycles. The summed E-state index contributed by atoms with van der Waals surface area (Å²) in [5.41, 5.74) is 0.172. The number of hydrogen-bond donors (Lipinski definition) is 0. The monoisotopic (exact) mass is 164 g/mol. The predicted molar refractivity (Wildman–Crippen MR) is 46.7 cm³/mol. The molecule has 3 saturated carbocycles. The van der Waals surface area contributed by atoms with Crippen LogP contribution in [0.25, 0.3) is 0 Å². The zero-order chi connectivity index (χ0) is 8.18. The maximum atomic E-state index is 11.1. The first-order chi connectivity index (χ1) is 5.86. The average molecular weight is 164 g/mol. The van der Waals surface area contributed by atoms with E-state index in [4.69, 9.17) is 0 Å². The lowest BCUT2D eigenvalue weighted by atomic mass is 9.73. The molecule has 3 aliphatic rings. The van der Waals surface area contributed by atoms with Crippen LogP contribution in [0, 0.1) is 23.2 Å². The Kier molecular flexibility index (Phi) is 1.26. The van der Waals surface area contributed by atoms with Crippen LogP contribution >= 0.6 is 0 Å². The molecule has 0 aromatic heterocycles. The molecule has 0 heterocycles. The van der Waals surface area contributed by atoms with Gasteiger partial charge in [0.15, 0.2) is 0 Å². The van der Waals surface area contributed by atoms with Crippen LogP contribution in [0.4, 0.5) is 0 Å². The lowest BCUT2D eigenvalue weighted by Gasteiger charge is -2.30. The summed E-state index contributed by atoms with van der Waals surface area (Å²) >= 11 is 0. The normalized spacial score (nSPS) is 55.8. The molecule has 3 rings (SSSR count). The highest BCUT2D eigenvalue weighted by molar-refractivity contribution is 5.62. The second-order valence-corrected chi connectivity index (χ2v) is 5.06. The van der Waals surface area contributed by atoms with Crippen molar-refractivity contribution in [2.24, 2.45) is 23.2 Å². The van der Waals surface area contributed by atoms with Crippen LogP contribution in [0.5, 0.6) is 0 Å². The first kappa shape index (κ1) is 7.11. The minimum atomic E-state index is 0.172. The quantitative estimate of drug-likeness (QED) is 0.544. The molecule has 4 unspecified atom stereocenters. The maximum absolute atomic E-state index is 11.1. The van der Waals surface area contributed by atoms with Gasteiger partial charge in [-0.25, -0.2) is 0 Å². The van der Waals surface area contributed by atoms with E-state index in [2.05, 4.69) is 0 Å². The molecule has 0 spiro atoms. The third kappa shape index (κ3) is 0.641. The predicted octanol–water partition coefficient (Wildman–Crippen LogP) is 2.40. The average Bonchev–Trinajstić information content (AvgIpc) is 2.76. The molecule has 3 aliphatic carbocycles. The molecular weight excluding hydrogens is 148 g/mol. The fourth-order valence-corrected chi connectivity index (χ4v) is 4.31. The van der Waals surface area contributed by atoms with Gasteiger partial charge in [0, 0.05) is 5.41 Å². The summed E-state index contributed by atoms with van der Waals surface area (Å²) in [4.78, 5) is 11.1. The van der Waals surface area contributed by atoms with Gasteiger partial charge in [0.05, 0.1) is 0 Å². The lowest BCUT2D eigenvalue weighted by Crippen LogP contribution is -2.28. The van der Waals surface area contributed by atoms with Crippen LogP contribution in [0.15, 0.2) is 0 Å². The van der Waals surface area contributed by atoms with Crippen molar-refractivity contribution in [3.8, 4) is 0 Å². The zero-order valence-electron chi connectivity index (χ0n) is 7.46. The smallest absolute Gasteiger partial charge is 0.126 e. The summed E-state index contributed by atoms with van der Waals surface area (Å²) in [7, 11) is 0. The van der Waals surface area contributed by atoms with Crippen LogP contribution in [-0.2, 0) is 4.79 Å². The first-order valence-electron chi connectivity index (χ1n) is 5.32. The van der Waals surface area contributed by atoms with Gasteiger partial charge >= 0.3 is 0 Å². The van der Waals surface area contributed by atoms with Crippen molar-refractivity contribution in [3.63, 3.8) is 0 Å². The summed E-state index contributed by atoms with van der Waals surface area (Å²) < 4.78 is 0. The highest BCUT2D eigenvalue weighted by Gasteiger charge is 2.58. The summed E-state index contributed by atoms with van der Waals surface area (Å²) in [6.45, 7) is 0. The number of aldehydes is 1. The Labute approximate surface area is 73.5 Å². The second-order valence-electron chi connectivity index (χ2n) is 5.06. The number of hydrogen-bond acceptors (Lipinski definition) is 1. The Bertz CT molecular complexity index is 223. The van der Waals surface area contributed by atoms with E-state index in [1.54, 1.807) is 0 Å². The van der Waals surface area contributed by atoms with Crippen molar-refractivity contribution < 1.29 is 4.79 Å². The molecule has 0 aromatic rings. The number of fused-ring (bicyclic) bond motifs is 5. The van der Waals surface area contributed by atoms with Crippen LogP contribution < -0.4 is 0 Å². The topological polar surface area (TPSA) is 17.1 Å². The summed E-state index contributed by atoms with van der Waals surface area (Å²) in [5, 5.41) is 0. The van der Waals surface area contributed by atoms with E-state index < -0.39 is 0 Å². The Balaban J connectivity index is 1.99. The van der Waals surface area contributed by atoms with Gasteiger partial charge in [-0.15, -0.1) is 0 Å². The van der Waals surface area contributed by atoms with E-state index in [9.17, 15) is 4.79 Å². The van der Waals surface area contributed by atoms with Crippen molar-refractivity contribution in [2.75, 3.05) is 0 Å². The minimum absolute atomic E-state index is 0.172. The Hall–Kier alpha value is -0.330. The molecular formula is C11H16O. The van der Waals surface area contributed by atoms with Gasteiger partial charge in [0.25, 0.3) is 0 Å². The van der Waals surface area contributed by atoms with E-state index in [-0.39, 0.29) is 5.41 Å².